The second kappa shape index (κ2) is 9.52. The van der Waals surface area contributed by atoms with E-state index in [1.807, 2.05) is 11.8 Å². The molecule has 1 N–H and O–H groups in total. The molecule has 8 nitrogen and oxygen atoms in total. The van der Waals surface area contributed by atoms with Gasteiger partial charge in [-0.25, -0.2) is 0 Å². The fourth-order valence-electron chi connectivity index (χ4n) is 1.94. The molecule has 0 aliphatic carbocycles. The van der Waals surface area contributed by atoms with Crippen molar-refractivity contribution < 1.29 is 19.2 Å². The maximum atomic E-state index is 11.9. The number of nitro groups is 1. The number of nitrogens with zero attached hydrogens (tertiary/aromatic N) is 2. The number of carbonyl (C=O) groups excluding carboxylic acids is 2. The lowest BCUT2D eigenvalue weighted by molar-refractivity contribution is -0.384. The summed E-state index contributed by atoms with van der Waals surface area (Å²) >= 11 is 0. The molecule has 0 aliphatic rings. The third-order valence-electron chi connectivity index (χ3n) is 3.36. The summed E-state index contributed by atoms with van der Waals surface area (Å²) < 4.78 is 4.59. The van der Waals surface area contributed by atoms with Crippen molar-refractivity contribution in [3.63, 3.8) is 0 Å². The lowest BCUT2D eigenvalue weighted by Gasteiger charge is -2.19. The van der Waals surface area contributed by atoms with Gasteiger partial charge in [0, 0.05) is 37.3 Å². The number of likely N-dealkylation sites (N-methyl/N-ethyl adjacent to an activating group) is 1. The summed E-state index contributed by atoms with van der Waals surface area (Å²) in [5.41, 5.74) is 0.315. The second-order valence-electron chi connectivity index (χ2n) is 4.82. The Kier molecular flexibility index (Phi) is 7.69. The first-order valence-corrected chi connectivity index (χ1v) is 7.29. The number of esters is 1. The van der Waals surface area contributed by atoms with Gasteiger partial charge in [0.2, 0.25) is 0 Å². The molecule has 0 aliphatic heterocycles. The molecule has 126 valence electrons. The van der Waals surface area contributed by atoms with E-state index in [4.69, 9.17) is 0 Å². The molecule has 23 heavy (non-hydrogen) atoms. The molecule has 1 aromatic rings. The van der Waals surface area contributed by atoms with Crippen molar-refractivity contribution in [3.05, 3.63) is 39.9 Å². The van der Waals surface area contributed by atoms with E-state index < -0.39 is 4.92 Å². The maximum absolute atomic E-state index is 11.9. The van der Waals surface area contributed by atoms with Crippen LogP contribution in [0.1, 0.15) is 23.7 Å². The van der Waals surface area contributed by atoms with Crippen molar-refractivity contribution in [3.8, 4) is 0 Å². The van der Waals surface area contributed by atoms with Crippen LogP contribution in [-0.2, 0) is 9.53 Å². The molecule has 0 bridgehead atoms. The lowest BCUT2D eigenvalue weighted by Crippen LogP contribution is -2.36. The zero-order chi connectivity index (χ0) is 17.2. The number of rotatable bonds is 9. The van der Waals surface area contributed by atoms with Crippen molar-refractivity contribution >= 4 is 17.6 Å². The van der Waals surface area contributed by atoms with Crippen LogP contribution < -0.4 is 5.32 Å². The maximum Gasteiger partial charge on any atom is 0.306 e. The summed E-state index contributed by atoms with van der Waals surface area (Å²) in [7, 11) is 1.35. The number of hydrogen-bond acceptors (Lipinski definition) is 6. The first-order chi connectivity index (χ1) is 11.0. The number of non-ortho nitro benzene ring substituents is 1. The SMILES string of the molecule is CCN(CCNC(=O)c1ccc([N+](=O)[O-])cc1)CCC(=O)OC. The zero-order valence-corrected chi connectivity index (χ0v) is 13.3. The molecule has 8 heteroatoms. The van der Waals surface area contributed by atoms with E-state index in [-0.39, 0.29) is 17.6 Å². The van der Waals surface area contributed by atoms with Crippen LogP contribution in [0.25, 0.3) is 0 Å². The molecular formula is C15H21N3O5. The van der Waals surface area contributed by atoms with Gasteiger partial charge in [0.05, 0.1) is 18.5 Å². The molecule has 0 radical (unpaired) electrons. The van der Waals surface area contributed by atoms with E-state index in [2.05, 4.69) is 10.1 Å². The Bertz CT molecular complexity index is 545. The summed E-state index contributed by atoms with van der Waals surface area (Å²) in [5.74, 6) is -0.553. The van der Waals surface area contributed by atoms with Gasteiger partial charge in [-0.15, -0.1) is 0 Å². The number of carbonyl (C=O) groups is 2. The highest BCUT2D eigenvalue weighted by molar-refractivity contribution is 5.94. The van der Waals surface area contributed by atoms with E-state index >= 15 is 0 Å². The number of hydrogen-bond donors (Lipinski definition) is 1. The van der Waals surface area contributed by atoms with Crippen LogP contribution in [0.2, 0.25) is 0 Å². The summed E-state index contributed by atoms with van der Waals surface area (Å²) in [6.07, 6.45) is 0.306. The van der Waals surface area contributed by atoms with Gasteiger partial charge in [0.15, 0.2) is 0 Å². The van der Waals surface area contributed by atoms with Gasteiger partial charge in [0.1, 0.15) is 0 Å². The summed E-state index contributed by atoms with van der Waals surface area (Å²) in [6.45, 7) is 4.31. The topological polar surface area (TPSA) is 102 Å². The number of nitrogens with one attached hydrogen (secondary N) is 1. The minimum absolute atomic E-state index is 0.0541. The van der Waals surface area contributed by atoms with E-state index in [1.54, 1.807) is 0 Å². The highest BCUT2D eigenvalue weighted by atomic mass is 16.6. The quantitative estimate of drug-likeness (QED) is 0.416. The predicted octanol–water partition coefficient (Wildman–Crippen LogP) is 1.21. The van der Waals surface area contributed by atoms with Gasteiger partial charge in [0.25, 0.3) is 11.6 Å². The number of benzene rings is 1. The molecule has 0 saturated heterocycles. The highest BCUT2D eigenvalue weighted by Crippen LogP contribution is 2.11. The largest absolute Gasteiger partial charge is 0.469 e. The molecular weight excluding hydrogens is 302 g/mol. The second-order valence-corrected chi connectivity index (χ2v) is 4.82. The predicted molar refractivity (Wildman–Crippen MR) is 84.2 cm³/mol. The molecule has 0 fully saturated rings. The van der Waals surface area contributed by atoms with Gasteiger partial charge < -0.3 is 15.0 Å². The number of methoxy groups -OCH3 is 1. The molecule has 1 amide bonds. The van der Waals surface area contributed by atoms with Crippen LogP contribution in [0.5, 0.6) is 0 Å². The van der Waals surface area contributed by atoms with Gasteiger partial charge in [-0.1, -0.05) is 6.92 Å². The van der Waals surface area contributed by atoms with Crippen LogP contribution in [0.3, 0.4) is 0 Å². The van der Waals surface area contributed by atoms with Crippen LogP contribution in [0.15, 0.2) is 24.3 Å². The number of amides is 1. The monoisotopic (exact) mass is 323 g/mol. The van der Waals surface area contributed by atoms with Crippen LogP contribution >= 0.6 is 0 Å². The normalized spacial score (nSPS) is 10.4. The Morgan fingerprint density at radius 3 is 2.43 bits per heavy atom. The highest BCUT2D eigenvalue weighted by Gasteiger charge is 2.10. The molecule has 0 aromatic heterocycles. The zero-order valence-electron chi connectivity index (χ0n) is 13.3. The lowest BCUT2D eigenvalue weighted by atomic mass is 10.2. The fourth-order valence-corrected chi connectivity index (χ4v) is 1.94. The van der Waals surface area contributed by atoms with Crippen molar-refractivity contribution in [1.82, 2.24) is 10.2 Å². The van der Waals surface area contributed by atoms with Gasteiger partial charge in [-0.2, -0.15) is 0 Å². The van der Waals surface area contributed by atoms with Crippen molar-refractivity contribution in [1.29, 1.82) is 0 Å². The van der Waals surface area contributed by atoms with Crippen LogP contribution in [-0.4, -0.2) is 55.0 Å². The number of nitro benzene ring substituents is 1. The van der Waals surface area contributed by atoms with Crippen molar-refractivity contribution in [2.75, 3.05) is 33.3 Å². The molecule has 0 atom stereocenters. The smallest absolute Gasteiger partial charge is 0.306 e. The minimum atomic E-state index is -0.512. The number of ether oxygens (including phenoxy) is 1. The Morgan fingerprint density at radius 2 is 1.91 bits per heavy atom. The van der Waals surface area contributed by atoms with Crippen molar-refractivity contribution in [2.24, 2.45) is 0 Å². The standard InChI is InChI=1S/C15H21N3O5/c1-3-17(10-8-14(19)23-2)11-9-16-15(20)12-4-6-13(7-5-12)18(21)22/h4-7H,3,8-11H2,1-2H3,(H,16,20). The molecule has 0 saturated carbocycles. The summed E-state index contributed by atoms with van der Waals surface area (Å²) in [5, 5.41) is 13.3. The first-order valence-electron chi connectivity index (χ1n) is 7.29. The van der Waals surface area contributed by atoms with Gasteiger partial charge in [-0.3, -0.25) is 19.7 Å². The Morgan fingerprint density at radius 1 is 1.26 bits per heavy atom. The Hall–Kier alpha value is -2.48. The molecule has 1 aromatic carbocycles. The third-order valence-corrected chi connectivity index (χ3v) is 3.36. The summed E-state index contributed by atoms with van der Waals surface area (Å²) in [4.78, 5) is 35.1. The molecule has 0 spiro atoms. The van der Waals surface area contributed by atoms with E-state index in [0.29, 0.717) is 31.6 Å². The average Bonchev–Trinajstić information content (AvgIpc) is 2.57. The van der Waals surface area contributed by atoms with E-state index in [1.165, 1.54) is 31.4 Å². The molecule has 1 rings (SSSR count). The fraction of sp³-hybridized carbons (Fsp3) is 0.467. The first kappa shape index (κ1) is 18.6. The Labute approximate surface area is 134 Å². The van der Waals surface area contributed by atoms with Crippen molar-refractivity contribution in [2.45, 2.75) is 13.3 Å². The molecule has 0 heterocycles. The Balaban J connectivity index is 2.39. The summed E-state index contributed by atoms with van der Waals surface area (Å²) in [6, 6.07) is 5.43. The van der Waals surface area contributed by atoms with Crippen LogP contribution in [0, 0.1) is 10.1 Å². The minimum Gasteiger partial charge on any atom is -0.469 e. The van der Waals surface area contributed by atoms with E-state index in [0.717, 1.165) is 6.54 Å². The van der Waals surface area contributed by atoms with Gasteiger partial charge in [-0.05, 0) is 18.7 Å². The van der Waals surface area contributed by atoms with E-state index in [9.17, 15) is 19.7 Å². The molecule has 0 unspecified atom stereocenters. The van der Waals surface area contributed by atoms with Gasteiger partial charge >= 0.3 is 5.97 Å². The average molecular weight is 323 g/mol. The third kappa shape index (κ3) is 6.43. The van der Waals surface area contributed by atoms with Crippen LogP contribution in [0.4, 0.5) is 5.69 Å².